The molecule has 1 aromatic heterocycles. The summed E-state index contributed by atoms with van der Waals surface area (Å²) in [5, 5.41) is 3.07. The first kappa shape index (κ1) is 31.4. The summed E-state index contributed by atoms with van der Waals surface area (Å²) in [5.41, 5.74) is 3.26. The SMILES string of the molecule is CCCCCCCCCCOc1ccc(CC(=O)NCc2cccc[n+]2CC)cc1C(C)(C)C.[I-]. The van der Waals surface area contributed by atoms with E-state index in [0.717, 1.165) is 36.6 Å². The van der Waals surface area contributed by atoms with E-state index < -0.39 is 0 Å². The van der Waals surface area contributed by atoms with Crippen LogP contribution in [0.4, 0.5) is 0 Å². The summed E-state index contributed by atoms with van der Waals surface area (Å²) in [4.78, 5) is 12.6. The predicted molar refractivity (Wildman–Crippen MR) is 141 cm³/mol. The molecule has 196 valence electrons. The van der Waals surface area contributed by atoms with Crippen molar-refractivity contribution in [3.8, 4) is 5.75 Å². The maximum atomic E-state index is 12.6. The molecule has 0 aliphatic rings. The molecule has 5 heteroatoms. The van der Waals surface area contributed by atoms with Crippen molar-refractivity contribution >= 4 is 5.91 Å². The zero-order chi connectivity index (χ0) is 24.8. The number of nitrogens with zero attached hydrogens (tertiary/aromatic N) is 1. The summed E-state index contributed by atoms with van der Waals surface area (Å²) >= 11 is 0. The fourth-order valence-electron chi connectivity index (χ4n) is 4.23. The number of carbonyl (C=O) groups is 1. The van der Waals surface area contributed by atoms with Crippen LogP contribution in [0.1, 0.15) is 103 Å². The van der Waals surface area contributed by atoms with E-state index in [1.807, 2.05) is 24.4 Å². The molecule has 0 fully saturated rings. The molecule has 0 bridgehead atoms. The lowest BCUT2D eigenvalue weighted by Crippen LogP contribution is -3.00. The maximum absolute atomic E-state index is 12.6. The van der Waals surface area contributed by atoms with Crippen molar-refractivity contribution in [1.29, 1.82) is 0 Å². The molecule has 2 rings (SSSR count). The molecule has 1 N–H and O–H groups in total. The zero-order valence-electron chi connectivity index (χ0n) is 22.7. The van der Waals surface area contributed by atoms with Crippen molar-refractivity contribution in [3.63, 3.8) is 0 Å². The number of rotatable bonds is 15. The molecule has 0 saturated carbocycles. The monoisotopic (exact) mass is 594 g/mol. The van der Waals surface area contributed by atoms with E-state index in [0.29, 0.717) is 13.0 Å². The summed E-state index contributed by atoms with van der Waals surface area (Å²) < 4.78 is 8.35. The highest BCUT2D eigenvalue weighted by Gasteiger charge is 2.20. The van der Waals surface area contributed by atoms with Crippen LogP contribution >= 0.6 is 0 Å². The number of aryl methyl sites for hydroxylation is 1. The van der Waals surface area contributed by atoms with Crippen molar-refractivity contribution < 1.29 is 38.1 Å². The number of amides is 1. The Kier molecular flexibility index (Phi) is 15.2. The van der Waals surface area contributed by atoms with Gasteiger partial charge in [0, 0.05) is 12.1 Å². The van der Waals surface area contributed by atoms with E-state index >= 15 is 0 Å². The van der Waals surface area contributed by atoms with Crippen LogP contribution in [0.5, 0.6) is 5.75 Å². The van der Waals surface area contributed by atoms with Crippen LogP contribution in [0.25, 0.3) is 0 Å². The van der Waals surface area contributed by atoms with Crippen molar-refractivity contribution in [2.45, 2.75) is 111 Å². The minimum Gasteiger partial charge on any atom is -1.00 e. The molecule has 4 nitrogen and oxygen atoms in total. The lowest BCUT2D eigenvalue weighted by molar-refractivity contribution is -0.701. The molecule has 0 spiro atoms. The third-order valence-corrected chi connectivity index (χ3v) is 6.31. The number of nitrogens with one attached hydrogen (secondary N) is 1. The molecule has 1 amide bonds. The van der Waals surface area contributed by atoms with E-state index in [9.17, 15) is 4.79 Å². The molecule has 35 heavy (non-hydrogen) atoms. The molecule has 1 heterocycles. The molecular weight excluding hydrogens is 547 g/mol. The molecule has 1 aromatic carbocycles. The van der Waals surface area contributed by atoms with Gasteiger partial charge in [-0.1, -0.05) is 90.8 Å². The van der Waals surface area contributed by atoms with Gasteiger partial charge in [-0.05, 0) is 36.0 Å². The largest absolute Gasteiger partial charge is 1.00 e. The van der Waals surface area contributed by atoms with E-state index in [-0.39, 0.29) is 35.3 Å². The number of carbonyl (C=O) groups excluding carboxylic acids is 1. The van der Waals surface area contributed by atoms with Gasteiger partial charge in [0.2, 0.25) is 11.6 Å². The second-order valence-electron chi connectivity index (χ2n) is 10.3. The average Bonchev–Trinajstić information content (AvgIpc) is 2.82. The summed E-state index contributed by atoms with van der Waals surface area (Å²) in [6.07, 6.45) is 12.8. The quantitative estimate of drug-likeness (QED) is 0.194. The fraction of sp³-hybridized carbons (Fsp3) is 0.600. The van der Waals surface area contributed by atoms with Gasteiger partial charge in [0.15, 0.2) is 6.20 Å². The number of halogens is 1. The molecule has 0 aliphatic heterocycles. The van der Waals surface area contributed by atoms with Crippen LogP contribution in [-0.4, -0.2) is 12.5 Å². The lowest BCUT2D eigenvalue weighted by atomic mass is 9.85. The van der Waals surface area contributed by atoms with E-state index in [4.69, 9.17) is 4.74 Å². The van der Waals surface area contributed by atoms with Crippen molar-refractivity contribution in [1.82, 2.24) is 5.32 Å². The minimum atomic E-state index is -0.0438. The van der Waals surface area contributed by atoms with Crippen LogP contribution in [0, 0.1) is 0 Å². The third kappa shape index (κ3) is 11.8. The Labute approximate surface area is 231 Å². The molecule has 0 unspecified atom stereocenters. The highest BCUT2D eigenvalue weighted by molar-refractivity contribution is 5.78. The van der Waals surface area contributed by atoms with Gasteiger partial charge in [-0.15, -0.1) is 0 Å². The van der Waals surface area contributed by atoms with Crippen molar-refractivity contribution in [3.05, 3.63) is 59.4 Å². The van der Waals surface area contributed by atoms with Crippen LogP contribution in [0.15, 0.2) is 42.6 Å². The number of benzene rings is 1. The van der Waals surface area contributed by atoms with Crippen LogP contribution in [0.2, 0.25) is 0 Å². The number of pyridine rings is 1. The normalized spacial score (nSPS) is 11.1. The Morgan fingerprint density at radius 2 is 1.63 bits per heavy atom. The van der Waals surface area contributed by atoms with E-state index in [1.54, 1.807) is 0 Å². The minimum absolute atomic E-state index is 0. The second kappa shape index (κ2) is 16.9. The van der Waals surface area contributed by atoms with Crippen LogP contribution in [0.3, 0.4) is 0 Å². The summed E-state index contributed by atoms with van der Waals surface area (Å²) in [6, 6.07) is 12.3. The first-order chi connectivity index (χ1) is 16.3. The molecule has 0 atom stereocenters. The number of hydrogen-bond acceptors (Lipinski definition) is 2. The first-order valence-electron chi connectivity index (χ1n) is 13.4. The van der Waals surface area contributed by atoms with Gasteiger partial charge in [-0.2, -0.15) is 0 Å². The van der Waals surface area contributed by atoms with E-state index in [2.05, 4.69) is 62.7 Å². The fourth-order valence-corrected chi connectivity index (χ4v) is 4.23. The summed E-state index contributed by atoms with van der Waals surface area (Å²) in [7, 11) is 0. The number of hydrogen-bond donors (Lipinski definition) is 1. The van der Waals surface area contributed by atoms with Gasteiger partial charge < -0.3 is 34.0 Å². The predicted octanol–water partition coefficient (Wildman–Crippen LogP) is 3.67. The van der Waals surface area contributed by atoms with Gasteiger partial charge in [0.25, 0.3) is 0 Å². The standard InChI is InChI=1S/C30H46N2O2.HI/c1-6-8-9-10-11-12-13-16-21-34-28-19-18-25(22-27(28)30(3,4)5)23-29(33)31-24-26-17-14-15-20-32(26)7-2;/h14-15,17-20,22H,6-13,16,21,23-24H2,1-5H3;1H. The number of aromatic nitrogens is 1. The van der Waals surface area contributed by atoms with Gasteiger partial charge in [-0.25, -0.2) is 4.57 Å². The second-order valence-corrected chi connectivity index (χ2v) is 10.3. The Hall–Kier alpha value is -1.63. The highest BCUT2D eigenvalue weighted by Crippen LogP contribution is 2.32. The zero-order valence-corrected chi connectivity index (χ0v) is 24.8. The third-order valence-electron chi connectivity index (χ3n) is 6.31. The molecule has 2 aromatic rings. The summed E-state index contributed by atoms with van der Waals surface area (Å²) in [5.74, 6) is 0.992. The average molecular weight is 595 g/mol. The highest BCUT2D eigenvalue weighted by atomic mass is 127. The smallest absolute Gasteiger partial charge is 0.224 e. The Morgan fingerprint density at radius 1 is 0.943 bits per heavy atom. The van der Waals surface area contributed by atoms with Gasteiger partial charge in [0.05, 0.1) is 13.0 Å². The van der Waals surface area contributed by atoms with Crippen molar-refractivity contribution in [2.75, 3.05) is 6.61 Å². The Bertz CT molecular complexity index is 877. The maximum Gasteiger partial charge on any atom is 0.224 e. The molecule has 0 aliphatic carbocycles. The van der Waals surface area contributed by atoms with Crippen molar-refractivity contribution in [2.24, 2.45) is 0 Å². The number of unbranched alkanes of at least 4 members (excludes halogenated alkanes) is 7. The lowest BCUT2D eigenvalue weighted by Gasteiger charge is -2.24. The Balaban J connectivity index is 0.00000612. The molecule has 0 radical (unpaired) electrons. The van der Waals surface area contributed by atoms with Crippen LogP contribution in [-0.2, 0) is 29.7 Å². The molecule has 0 saturated heterocycles. The van der Waals surface area contributed by atoms with Gasteiger partial charge in [-0.3, -0.25) is 4.79 Å². The topological polar surface area (TPSA) is 42.2 Å². The van der Waals surface area contributed by atoms with E-state index in [1.165, 1.54) is 50.5 Å². The number of ether oxygens (including phenoxy) is 1. The van der Waals surface area contributed by atoms with Gasteiger partial charge >= 0.3 is 0 Å². The summed E-state index contributed by atoms with van der Waals surface area (Å²) in [6.45, 7) is 13.2. The molecular formula is C30H47IN2O2. The van der Waals surface area contributed by atoms with Gasteiger partial charge in [0.1, 0.15) is 18.8 Å². The Morgan fingerprint density at radius 3 is 2.29 bits per heavy atom. The first-order valence-corrected chi connectivity index (χ1v) is 13.4. The van der Waals surface area contributed by atoms with Crippen LogP contribution < -0.4 is 38.6 Å².